The van der Waals surface area contributed by atoms with Crippen LogP contribution in [0.2, 0.25) is 0 Å². The molecule has 0 spiro atoms. The maximum Gasteiger partial charge on any atom is 0.215 e. The second-order valence-corrected chi connectivity index (χ2v) is 7.17. The van der Waals surface area contributed by atoms with Gasteiger partial charge in [0.25, 0.3) is 0 Å². The highest BCUT2D eigenvalue weighted by molar-refractivity contribution is 5.78. The Labute approximate surface area is 143 Å². The van der Waals surface area contributed by atoms with E-state index in [1.807, 2.05) is 12.1 Å². The van der Waals surface area contributed by atoms with Gasteiger partial charge in [-0.25, -0.2) is 4.98 Å². The Bertz CT molecular complexity index is 717. The van der Waals surface area contributed by atoms with Crippen molar-refractivity contribution in [2.45, 2.75) is 64.8 Å². The zero-order chi connectivity index (χ0) is 17.1. The highest BCUT2D eigenvalue weighted by atomic mass is 16.5. The standard InChI is InChI=1S/C19H27N3O2/c1-13(2)12-15(23)8-5-9-17-20-16-10-11-18(24-3)21-19(16)22(17)14-6-4-7-14/h10-11,13-14H,4-9,12H2,1-3H3. The molecule has 24 heavy (non-hydrogen) atoms. The van der Waals surface area contributed by atoms with Crippen LogP contribution in [0.3, 0.4) is 0 Å². The zero-order valence-electron chi connectivity index (χ0n) is 14.9. The summed E-state index contributed by atoms with van der Waals surface area (Å²) in [5.74, 6) is 2.49. The lowest BCUT2D eigenvalue weighted by Gasteiger charge is -2.28. The maximum absolute atomic E-state index is 11.9. The smallest absolute Gasteiger partial charge is 0.215 e. The normalized spacial score (nSPS) is 15.0. The van der Waals surface area contributed by atoms with E-state index in [-0.39, 0.29) is 0 Å². The fraction of sp³-hybridized carbons (Fsp3) is 0.632. The minimum atomic E-state index is 0.357. The predicted octanol–water partition coefficient (Wildman–Crippen LogP) is 4.10. The van der Waals surface area contributed by atoms with E-state index in [9.17, 15) is 4.79 Å². The summed E-state index contributed by atoms with van der Waals surface area (Å²) in [6, 6.07) is 4.33. The van der Waals surface area contributed by atoms with E-state index in [0.29, 0.717) is 36.5 Å². The number of hydrogen-bond acceptors (Lipinski definition) is 4. The first kappa shape index (κ1) is 16.9. The van der Waals surface area contributed by atoms with Crippen molar-refractivity contribution in [3.8, 4) is 5.88 Å². The summed E-state index contributed by atoms with van der Waals surface area (Å²) in [6.45, 7) is 4.18. The molecule has 2 heterocycles. The fourth-order valence-electron chi connectivity index (χ4n) is 3.32. The quantitative estimate of drug-likeness (QED) is 0.731. The molecule has 0 atom stereocenters. The van der Waals surface area contributed by atoms with E-state index in [1.165, 1.54) is 19.3 Å². The van der Waals surface area contributed by atoms with Crippen molar-refractivity contribution in [3.05, 3.63) is 18.0 Å². The Morgan fingerprint density at radius 2 is 2.12 bits per heavy atom. The van der Waals surface area contributed by atoms with Gasteiger partial charge in [-0.1, -0.05) is 13.8 Å². The minimum absolute atomic E-state index is 0.357. The van der Waals surface area contributed by atoms with Crippen LogP contribution >= 0.6 is 0 Å². The molecule has 0 bridgehead atoms. The van der Waals surface area contributed by atoms with Crippen LogP contribution in [-0.2, 0) is 11.2 Å². The van der Waals surface area contributed by atoms with E-state index < -0.39 is 0 Å². The van der Waals surface area contributed by atoms with Gasteiger partial charge in [0.1, 0.15) is 17.1 Å². The van der Waals surface area contributed by atoms with Crippen molar-refractivity contribution in [2.24, 2.45) is 5.92 Å². The van der Waals surface area contributed by atoms with Crippen LogP contribution < -0.4 is 4.74 Å². The predicted molar refractivity (Wildman–Crippen MR) is 94.4 cm³/mol. The number of ether oxygens (including phenoxy) is 1. The number of methoxy groups -OCH3 is 1. The summed E-state index contributed by atoms with van der Waals surface area (Å²) >= 11 is 0. The molecule has 0 amide bonds. The topological polar surface area (TPSA) is 57.0 Å². The zero-order valence-corrected chi connectivity index (χ0v) is 14.9. The van der Waals surface area contributed by atoms with Crippen LogP contribution in [0.15, 0.2) is 12.1 Å². The number of hydrogen-bond donors (Lipinski definition) is 0. The molecular weight excluding hydrogens is 302 g/mol. The SMILES string of the molecule is COc1ccc2nc(CCCC(=O)CC(C)C)n(C3CCC3)c2n1. The summed E-state index contributed by atoms with van der Waals surface area (Å²) in [4.78, 5) is 21.3. The molecule has 1 aliphatic rings. The van der Waals surface area contributed by atoms with E-state index in [0.717, 1.165) is 29.8 Å². The van der Waals surface area contributed by atoms with Crippen molar-refractivity contribution in [3.63, 3.8) is 0 Å². The molecule has 0 radical (unpaired) electrons. The number of imidazole rings is 1. The highest BCUT2D eigenvalue weighted by Gasteiger charge is 2.25. The number of ketones is 1. The van der Waals surface area contributed by atoms with Crippen molar-refractivity contribution >= 4 is 16.9 Å². The molecule has 0 N–H and O–H groups in total. The van der Waals surface area contributed by atoms with Gasteiger partial charge in [0.05, 0.1) is 7.11 Å². The molecule has 1 fully saturated rings. The third kappa shape index (κ3) is 3.60. The highest BCUT2D eigenvalue weighted by Crippen LogP contribution is 2.35. The largest absolute Gasteiger partial charge is 0.481 e. The van der Waals surface area contributed by atoms with Gasteiger partial charge in [0, 0.05) is 31.4 Å². The van der Waals surface area contributed by atoms with Gasteiger partial charge in [0.2, 0.25) is 5.88 Å². The molecule has 5 nitrogen and oxygen atoms in total. The number of aromatic nitrogens is 3. The van der Waals surface area contributed by atoms with E-state index >= 15 is 0 Å². The first-order valence-electron chi connectivity index (χ1n) is 9.02. The van der Waals surface area contributed by atoms with Gasteiger partial charge < -0.3 is 9.30 Å². The number of pyridine rings is 1. The van der Waals surface area contributed by atoms with Gasteiger partial charge in [0.15, 0.2) is 5.65 Å². The van der Waals surface area contributed by atoms with Gasteiger partial charge in [-0.05, 0) is 37.7 Å². The summed E-state index contributed by atoms with van der Waals surface area (Å²) < 4.78 is 7.56. The van der Waals surface area contributed by atoms with Gasteiger partial charge in [-0.2, -0.15) is 4.98 Å². The molecule has 1 saturated carbocycles. The minimum Gasteiger partial charge on any atom is -0.481 e. The molecule has 2 aromatic heterocycles. The van der Waals surface area contributed by atoms with E-state index in [2.05, 4.69) is 23.4 Å². The Kier molecular flexibility index (Phi) is 5.17. The molecule has 2 aromatic rings. The summed E-state index contributed by atoms with van der Waals surface area (Å²) in [6.07, 6.45) is 6.65. The molecular formula is C19H27N3O2. The van der Waals surface area contributed by atoms with E-state index in [4.69, 9.17) is 9.72 Å². The molecule has 3 rings (SSSR count). The van der Waals surface area contributed by atoms with Crippen molar-refractivity contribution < 1.29 is 9.53 Å². The summed E-state index contributed by atoms with van der Waals surface area (Å²) in [5, 5.41) is 0. The van der Waals surface area contributed by atoms with Crippen LogP contribution in [0.25, 0.3) is 11.2 Å². The number of aryl methyl sites for hydroxylation is 1. The number of carbonyl (C=O) groups excluding carboxylic acids is 1. The molecule has 0 unspecified atom stereocenters. The van der Waals surface area contributed by atoms with Crippen molar-refractivity contribution in [1.29, 1.82) is 0 Å². The lowest BCUT2D eigenvalue weighted by molar-refractivity contribution is -0.119. The number of fused-ring (bicyclic) bond motifs is 1. The second kappa shape index (κ2) is 7.32. The second-order valence-electron chi connectivity index (χ2n) is 7.17. The van der Waals surface area contributed by atoms with E-state index in [1.54, 1.807) is 7.11 Å². The molecule has 1 aliphatic carbocycles. The third-order valence-corrected chi connectivity index (χ3v) is 4.73. The Balaban J connectivity index is 1.78. The Morgan fingerprint density at radius 3 is 2.75 bits per heavy atom. The first-order chi connectivity index (χ1) is 11.6. The van der Waals surface area contributed by atoms with Crippen LogP contribution in [0.4, 0.5) is 0 Å². The van der Waals surface area contributed by atoms with Crippen LogP contribution in [-0.4, -0.2) is 27.4 Å². The molecule has 0 aromatic carbocycles. The number of carbonyl (C=O) groups is 1. The Hall–Kier alpha value is -1.91. The first-order valence-corrected chi connectivity index (χ1v) is 9.02. The lowest BCUT2D eigenvalue weighted by Crippen LogP contribution is -2.20. The van der Waals surface area contributed by atoms with Gasteiger partial charge in [-0.3, -0.25) is 4.79 Å². The van der Waals surface area contributed by atoms with Crippen LogP contribution in [0, 0.1) is 5.92 Å². The van der Waals surface area contributed by atoms with Crippen LogP contribution in [0.1, 0.15) is 64.2 Å². The molecule has 5 heteroatoms. The van der Waals surface area contributed by atoms with Crippen molar-refractivity contribution in [1.82, 2.24) is 14.5 Å². The van der Waals surface area contributed by atoms with Gasteiger partial charge in [-0.15, -0.1) is 0 Å². The fourth-order valence-corrected chi connectivity index (χ4v) is 3.32. The Morgan fingerprint density at radius 1 is 1.33 bits per heavy atom. The van der Waals surface area contributed by atoms with Crippen LogP contribution in [0.5, 0.6) is 5.88 Å². The average Bonchev–Trinajstić information content (AvgIpc) is 2.82. The number of rotatable bonds is 8. The number of Topliss-reactive ketones (excluding diaryl/α,β-unsaturated/α-hetero) is 1. The van der Waals surface area contributed by atoms with Gasteiger partial charge >= 0.3 is 0 Å². The third-order valence-electron chi connectivity index (χ3n) is 4.73. The maximum atomic E-state index is 11.9. The summed E-state index contributed by atoms with van der Waals surface area (Å²) in [7, 11) is 1.64. The lowest BCUT2D eigenvalue weighted by atomic mass is 9.92. The monoisotopic (exact) mass is 329 g/mol. The molecule has 0 saturated heterocycles. The number of nitrogens with zero attached hydrogens (tertiary/aromatic N) is 3. The average molecular weight is 329 g/mol. The van der Waals surface area contributed by atoms with Crippen molar-refractivity contribution in [2.75, 3.05) is 7.11 Å². The molecule has 130 valence electrons. The summed E-state index contributed by atoms with van der Waals surface area (Å²) in [5.41, 5.74) is 1.84. The molecule has 0 aliphatic heterocycles.